The number of morpholine rings is 1. The van der Waals surface area contributed by atoms with Crippen LogP contribution in [0.25, 0.3) is 22.3 Å². The number of rotatable bonds is 7. The molecule has 8 heteroatoms. The zero-order valence-corrected chi connectivity index (χ0v) is 22.2. The van der Waals surface area contributed by atoms with E-state index in [-0.39, 0.29) is 24.7 Å². The second kappa shape index (κ2) is 10.7. The van der Waals surface area contributed by atoms with Crippen LogP contribution < -0.4 is 10.2 Å². The number of pyridine rings is 3. The molecule has 1 aliphatic carbocycles. The van der Waals surface area contributed by atoms with Crippen molar-refractivity contribution in [1.82, 2.24) is 20.3 Å². The molecule has 1 amide bonds. The Bertz CT molecular complexity index is 1490. The standard InChI is InChI=1S/C31H33N5O3/c1-19-17-36(18-20(2)39-19)29-8-4-7-26(35-29)27-12-11-24-15-32-25(14-28(24)34-27)16-33-31(38)23-6-3-5-22(13-23)30(37)21-9-10-21/h3-8,11-15,19-21,30,37H,9-10,16-18H2,1-2H3,(H,33,38)/t19-,20+,30-/m0/s1. The molecule has 1 saturated heterocycles. The van der Waals surface area contributed by atoms with Gasteiger partial charge in [-0.3, -0.25) is 9.78 Å². The summed E-state index contributed by atoms with van der Waals surface area (Å²) in [6.07, 6.45) is 3.66. The minimum Gasteiger partial charge on any atom is -0.388 e. The van der Waals surface area contributed by atoms with Gasteiger partial charge in [0.1, 0.15) is 5.82 Å². The van der Waals surface area contributed by atoms with Crippen molar-refractivity contribution in [3.63, 3.8) is 0 Å². The highest BCUT2D eigenvalue weighted by molar-refractivity contribution is 5.94. The maximum atomic E-state index is 12.8. The van der Waals surface area contributed by atoms with Crippen molar-refractivity contribution in [1.29, 1.82) is 0 Å². The second-order valence-electron chi connectivity index (χ2n) is 10.7. The van der Waals surface area contributed by atoms with Gasteiger partial charge in [-0.2, -0.15) is 0 Å². The number of carbonyl (C=O) groups is 1. The normalized spacial score (nSPS) is 20.1. The molecule has 2 fully saturated rings. The number of amides is 1. The Balaban J connectivity index is 1.17. The Kier molecular flexibility index (Phi) is 6.97. The average molecular weight is 524 g/mol. The molecule has 1 aromatic carbocycles. The number of aromatic nitrogens is 3. The first kappa shape index (κ1) is 25.4. The number of carbonyl (C=O) groups excluding carboxylic acids is 1. The lowest BCUT2D eigenvalue weighted by atomic mass is 10.0. The summed E-state index contributed by atoms with van der Waals surface area (Å²) < 4.78 is 5.87. The number of ether oxygens (including phenoxy) is 1. The van der Waals surface area contributed by atoms with Crippen LogP contribution in [-0.4, -0.2) is 51.3 Å². The summed E-state index contributed by atoms with van der Waals surface area (Å²) in [5.74, 6) is 1.03. The van der Waals surface area contributed by atoms with Crippen molar-refractivity contribution < 1.29 is 14.6 Å². The molecule has 1 saturated carbocycles. The van der Waals surface area contributed by atoms with Gasteiger partial charge < -0.3 is 20.1 Å². The van der Waals surface area contributed by atoms with Gasteiger partial charge in [0, 0.05) is 30.2 Å². The molecule has 3 atom stereocenters. The molecule has 1 aliphatic heterocycles. The Labute approximate surface area is 228 Å². The smallest absolute Gasteiger partial charge is 0.251 e. The highest BCUT2D eigenvalue weighted by Crippen LogP contribution is 2.40. The summed E-state index contributed by atoms with van der Waals surface area (Å²) in [6, 6.07) is 19.1. The Hall–Kier alpha value is -3.88. The van der Waals surface area contributed by atoms with Gasteiger partial charge in [0.15, 0.2) is 0 Å². The van der Waals surface area contributed by atoms with E-state index < -0.39 is 6.10 Å². The van der Waals surface area contributed by atoms with Gasteiger partial charge in [-0.05, 0) is 80.6 Å². The molecule has 0 spiro atoms. The van der Waals surface area contributed by atoms with Crippen LogP contribution in [0.1, 0.15) is 54.4 Å². The molecule has 6 rings (SSSR count). The summed E-state index contributed by atoms with van der Waals surface area (Å²) in [5.41, 5.74) is 4.42. The molecule has 0 bridgehead atoms. The van der Waals surface area contributed by atoms with Gasteiger partial charge in [-0.25, -0.2) is 9.97 Å². The van der Waals surface area contributed by atoms with E-state index in [0.717, 1.165) is 59.6 Å². The highest BCUT2D eigenvalue weighted by Gasteiger charge is 2.31. The molecular weight excluding hydrogens is 490 g/mol. The predicted molar refractivity (Wildman–Crippen MR) is 150 cm³/mol. The molecule has 200 valence electrons. The zero-order valence-electron chi connectivity index (χ0n) is 22.2. The Morgan fingerprint density at radius 2 is 1.79 bits per heavy atom. The third kappa shape index (κ3) is 5.77. The quantitative estimate of drug-likeness (QED) is 0.363. The van der Waals surface area contributed by atoms with E-state index in [9.17, 15) is 9.90 Å². The van der Waals surface area contributed by atoms with Crippen LogP contribution in [0.15, 0.2) is 66.9 Å². The third-order valence-electron chi connectivity index (χ3n) is 7.36. The molecule has 2 N–H and O–H groups in total. The number of hydrogen-bond donors (Lipinski definition) is 2. The molecule has 0 radical (unpaired) electrons. The highest BCUT2D eigenvalue weighted by atomic mass is 16.5. The summed E-state index contributed by atoms with van der Waals surface area (Å²) in [5, 5.41) is 14.3. The fourth-order valence-corrected chi connectivity index (χ4v) is 5.23. The first-order valence-electron chi connectivity index (χ1n) is 13.6. The molecule has 4 aromatic rings. The molecule has 0 unspecified atom stereocenters. The van der Waals surface area contributed by atoms with Crippen LogP contribution in [0.4, 0.5) is 5.82 Å². The SMILES string of the molecule is C[C@@H]1CN(c2cccc(-c3ccc4cnc(CNC(=O)c5cccc([C@@H](O)C6CC6)c5)cc4n3)n2)C[C@H](C)O1. The van der Waals surface area contributed by atoms with Gasteiger partial charge in [0.05, 0.1) is 47.5 Å². The van der Waals surface area contributed by atoms with Gasteiger partial charge >= 0.3 is 0 Å². The number of nitrogens with one attached hydrogen (secondary N) is 1. The number of nitrogens with zero attached hydrogens (tertiary/aromatic N) is 4. The third-order valence-corrected chi connectivity index (χ3v) is 7.36. The average Bonchev–Trinajstić information content (AvgIpc) is 3.80. The summed E-state index contributed by atoms with van der Waals surface area (Å²) >= 11 is 0. The molecule has 4 heterocycles. The number of aliphatic hydroxyl groups is 1. The van der Waals surface area contributed by atoms with Crippen LogP contribution in [0.3, 0.4) is 0 Å². The maximum absolute atomic E-state index is 12.8. The lowest BCUT2D eigenvalue weighted by molar-refractivity contribution is -0.00545. The van der Waals surface area contributed by atoms with E-state index in [0.29, 0.717) is 17.2 Å². The monoisotopic (exact) mass is 523 g/mol. The van der Waals surface area contributed by atoms with Gasteiger partial charge in [-0.1, -0.05) is 18.2 Å². The van der Waals surface area contributed by atoms with Gasteiger partial charge in [-0.15, -0.1) is 0 Å². The van der Waals surface area contributed by atoms with Crippen molar-refractivity contribution >= 4 is 22.6 Å². The van der Waals surface area contributed by atoms with Crippen LogP contribution in [-0.2, 0) is 11.3 Å². The van der Waals surface area contributed by atoms with Crippen molar-refractivity contribution in [3.8, 4) is 11.4 Å². The number of benzene rings is 1. The number of anilines is 1. The number of fused-ring (bicyclic) bond motifs is 1. The second-order valence-corrected chi connectivity index (χ2v) is 10.7. The van der Waals surface area contributed by atoms with Crippen molar-refractivity contribution in [3.05, 3.63) is 83.7 Å². The van der Waals surface area contributed by atoms with E-state index in [4.69, 9.17) is 14.7 Å². The Morgan fingerprint density at radius 1 is 1.03 bits per heavy atom. The lowest BCUT2D eigenvalue weighted by Gasteiger charge is -2.36. The molecule has 39 heavy (non-hydrogen) atoms. The van der Waals surface area contributed by atoms with E-state index in [1.165, 1.54) is 0 Å². The van der Waals surface area contributed by atoms with Crippen LogP contribution >= 0.6 is 0 Å². The van der Waals surface area contributed by atoms with Gasteiger partial charge in [0.25, 0.3) is 5.91 Å². The fraction of sp³-hybridized carbons (Fsp3) is 0.355. The first-order valence-corrected chi connectivity index (χ1v) is 13.6. The largest absolute Gasteiger partial charge is 0.388 e. The first-order chi connectivity index (χ1) is 18.9. The van der Waals surface area contributed by atoms with Crippen LogP contribution in [0.2, 0.25) is 0 Å². The van der Waals surface area contributed by atoms with Gasteiger partial charge in [0.2, 0.25) is 0 Å². The van der Waals surface area contributed by atoms with Crippen molar-refractivity contribution in [2.45, 2.75) is 51.5 Å². The zero-order chi connectivity index (χ0) is 26.9. The van der Waals surface area contributed by atoms with E-state index >= 15 is 0 Å². The number of hydrogen-bond acceptors (Lipinski definition) is 7. The molecule has 2 aliphatic rings. The topological polar surface area (TPSA) is 100 Å². The lowest BCUT2D eigenvalue weighted by Crippen LogP contribution is -2.45. The van der Waals surface area contributed by atoms with Crippen LogP contribution in [0.5, 0.6) is 0 Å². The van der Waals surface area contributed by atoms with E-state index in [2.05, 4.69) is 29.0 Å². The minimum atomic E-state index is -0.503. The summed E-state index contributed by atoms with van der Waals surface area (Å²) in [6.45, 7) is 6.05. The summed E-state index contributed by atoms with van der Waals surface area (Å²) in [4.78, 5) is 29.4. The van der Waals surface area contributed by atoms with Crippen molar-refractivity contribution in [2.75, 3.05) is 18.0 Å². The summed E-state index contributed by atoms with van der Waals surface area (Å²) in [7, 11) is 0. The fourth-order valence-electron chi connectivity index (χ4n) is 5.23. The van der Waals surface area contributed by atoms with E-state index in [1.807, 2.05) is 48.5 Å². The predicted octanol–water partition coefficient (Wildman–Crippen LogP) is 4.68. The van der Waals surface area contributed by atoms with E-state index in [1.54, 1.807) is 18.3 Å². The molecule has 3 aromatic heterocycles. The van der Waals surface area contributed by atoms with Crippen molar-refractivity contribution in [2.24, 2.45) is 5.92 Å². The van der Waals surface area contributed by atoms with Crippen LogP contribution in [0, 0.1) is 5.92 Å². The Morgan fingerprint density at radius 3 is 2.59 bits per heavy atom. The minimum absolute atomic E-state index is 0.155. The molecular formula is C31H33N5O3. The molecule has 8 nitrogen and oxygen atoms in total. The maximum Gasteiger partial charge on any atom is 0.251 e. The number of aliphatic hydroxyl groups excluding tert-OH is 1.